The molecule has 1 fully saturated rings. The van der Waals surface area contributed by atoms with Crippen molar-refractivity contribution < 1.29 is 9.53 Å². The second-order valence-corrected chi connectivity index (χ2v) is 9.03. The van der Waals surface area contributed by atoms with Gasteiger partial charge in [-0.3, -0.25) is 4.90 Å². The zero-order valence-corrected chi connectivity index (χ0v) is 18.3. The van der Waals surface area contributed by atoms with Gasteiger partial charge in [0.1, 0.15) is 5.75 Å². The van der Waals surface area contributed by atoms with Crippen LogP contribution in [0.4, 0.5) is 10.5 Å². The number of nitrogens with one attached hydrogen (secondary N) is 1. The Hall–Kier alpha value is -2.05. The van der Waals surface area contributed by atoms with E-state index in [2.05, 4.69) is 58.1 Å². The minimum Gasteiger partial charge on any atom is -0.410 e. The van der Waals surface area contributed by atoms with Gasteiger partial charge in [-0.15, -0.1) is 0 Å². The Bertz CT molecular complexity index is 901. The van der Waals surface area contributed by atoms with E-state index in [-0.39, 0.29) is 11.5 Å². The zero-order valence-electron chi connectivity index (χ0n) is 16.7. The highest BCUT2D eigenvalue weighted by atomic mass is 79.9. The van der Waals surface area contributed by atoms with Gasteiger partial charge in [0.2, 0.25) is 0 Å². The van der Waals surface area contributed by atoms with Crippen molar-refractivity contribution in [1.29, 1.82) is 0 Å². The van der Waals surface area contributed by atoms with Crippen LogP contribution in [0.3, 0.4) is 0 Å². The van der Waals surface area contributed by atoms with Crippen molar-refractivity contribution in [1.82, 2.24) is 10.2 Å². The Morgan fingerprint density at radius 2 is 1.96 bits per heavy atom. The van der Waals surface area contributed by atoms with E-state index in [1.807, 2.05) is 43.3 Å². The maximum absolute atomic E-state index is 12.4. The SMILES string of the molecule is C[C@H](NC(=O)Oc1ccc2c(c1)[C@]1(C)CCN(C)[C@@H]1N2C)c1ccc(Br)cc1. The molecule has 2 aromatic rings. The van der Waals surface area contributed by atoms with E-state index in [0.29, 0.717) is 11.9 Å². The lowest BCUT2D eigenvalue weighted by Gasteiger charge is -2.32. The van der Waals surface area contributed by atoms with E-state index in [0.717, 1.165) is 23.0 Å². The molecule has 2 aliphatic rings. The highest BCUT2D eigenvalue weighted by Gasteiger charge is 2.52. The molecule has 28 heavy (non-hydrogen) atoms. The lowest BCUT2D eigenvalue weighted by atomic mass is 9.81. The van der Waals surface area contributed by atoms with E-state index < -0.39 is 6.09 Å². The summed E-state index contributed by atoms with van der Waals surface area (Å²) in [5.41, 5.74) is 3.56. The molecule has 2 heterocycles. The molecule has 0 bridgehead atoms. The standard InChI is InChI=1S/C22H26BrN3O2/c1-14(15-5-7-16(23)8-6-15)24-21(27)28-17-9-10-19-18(13-17)22(2)11-12-25(3)20(22)26(19)4/h5-10,13-14,20H,11-12H2,1-4H3,(H,24,27)/t14-,20+,22-/m0/s1. The Morgan fingerprint density at radius 3 is 2.68 bits per heavy atom. The minimum absolute atomic E-state index is 0.0550. The number of nitrogens with zero attached hydrogens (tertiary/aromatic N) is 2. The van der Waals surface area contributed by atoms with Crippen LogP contribution in [0.1, 0.15) is 37.4 Å². The second-order valence-electron chi connectivity index (χ2n) is 8.12. The van der Waals surface area contributed by atoms with E-state index in [1.165, 1.54) is 11.3 Å². The summed E-state index contributed by atoms with van der Waals surface area (Å²) < 4.78 is 6.63. The average molecular weight is 444 g/mol. The van der Waals surface area contributed by atoms with Crippen molar-refractivity contribution in [3.63, 3.8) is 0 Å². The zero-order chi connectivity index (χ0) is 20.1. The Kier molecular flexibility index (Phi) is 4.88. The van der Waals surface area contributed by atoms with Crippen LogP contribution in [0.15, 0.2) is 46.9 Å². The Labute approximate surface area is 174 Å². The van der Waals surface area contributed by atoms with Gasteiger partial charge in [-0.1, -0.05) is 35.0 Å². The maximum atomic E-state index is 12.4. The molecule has 0 unspecified atom stereocenters. The van der Waals surface area contributed by atoms with E-state index >= 15 is 0 Å². The first kappa shape index (κ1) is 19.3. The van der Waals surface area contributed by atoms with Crippen LogP contribution in [-0.4, -0.2) is 37.8 Å². The predicted molar refractivity (Wildman–Crippen MR) is 115 cm³/mol. The van der Waals surface area contributed by atoms with Gasteiger partial charge < -0.3 is 15.0 Å². The van der Waals surface area contributed by atoms with Crippen LogP contribution >= 0.6 is 15.9 Å². The molecular formula is C22H26BrN3O2. The van der Waals surface area contributed by atoms with Gasteiger partial charge in [0, 0.05) is 29.2 Å². The topological polar surface area (TPSA) is 44.8 Å². The number of halogens is 1. The summed E-state index contributed by atoms with van der Waals surface area (Å²) in [6.45, 7) is 5.33. The average Bonchev–Trinajstić information content (AvgIpc) is 3.07. The summed E-state index contributed by atoms with van der Waals surface area (Å²) in [7, 11) is 4.32. The van der Waals surface area contributed by atoms with Gasteiger partial charge in [-0.2, -0.15) is 0 Å². The molecule has 0 aliphatic carbocycles. The van der Waals surface area contributed by atoms with Gasteiger partial charge >= 0.3 is 6.09 Å². The predicted octanol–water partition coefficient (Wildman–Crippen LogP) is 4.67. The summed E-state index contributed by atoms with van der Waals surface area (Å²) in [5.74, 6) is 0.587. The fourth-order valence-electron chi connectivity index (χ4n) is 4.77. The van der Waals surface area contributed by atoms with Crippen LogP contribution in [-0.2, 0) is 5.41 Å². The number of anilines is 1. The fourth-order valence-corrected chi connectivity index (χ4v) is 5.03. The number of benzene rings is 2. The normalized spacial score (nSPS) is 24.6. The van der Waals surface area contributed by atoms with E-state index in [1.54, 1.807) is 0 Å². The summed E-state index contributed by atoms with van der Waals surface area (Å²) in [4.78, 5) is 17.2. The first-order valence-electron chi connectivity index (χ1n) is 9.61. The number of fused-ring (bicyclic) bond motifs is 3. The van der Waals surface area contributed by atoms with Gasteiger partial charge in [0.05, 0.1) is 12.2 Å². The van der Waals surface area contributed by atoms with Crippen LogP contribution in [0.2, 0.25) is 0 Å². The fraction of sp³-hybridized carbons (Fsp3) is 0.409. The number of amides is 1. The number of likely N-dealkylation sites (tertiary alicyclic amines) is 1. The maximum Gasteiger partial charge on any atom is 0.413 e. The van der Waals surface area contributed by atoms with Crippen molar-refractivity contribution >= 4 is 27.7 Å². The summed E-state index contributed by atoms with van der Waals surface area (Å²) >= 11 is 3.43. The van der Waals surface area contributed by atoms with Crippen LogP contribution in [0.5, 0.6) is 5.75 Å². The molecule has 1 amide bonds. The number of hydrogen-bond acceptors (Lipinski definition) is 4. The number of hydrogen-bond donors (Lipinski definition) is 1. The summed E-state index contributed by atoms with van der Waals surface area (Å²) in [6.07, 6.45) is 1.01. The molecule has 0 aromatic heterocycles. The molecule has 2 aromatic carbocycles. The molecule has 1 saturated heterocycles. The second kappa shape index (κ2) is 7.08. The largest absolute Gasteiger partial charge is 0.413 e. The van der Waals surface area contributed by atoms with Crippen molar-refractivity contribution in [2.45, 2.75) is 37.9 Å². The molecular weight excluding hydrogens is 418 g/mol. The molecule has 0 spiro atoms. The Balaban J connectivity index is 1.49. The number of ether oxygens (including phenoxy) is 1. The van der Waals surface area contributed by atoms with Crippen LogP contribution in [0.25, 0.3) is 0 Å². The molecule has 6 heteroatoms. The third-order valence-electron chi connectivity index (χ3n) is 6.22. The monoisotopic (exact) mass is 443 g/mol. The van der Waals surface area contributed by atoms with Crippen molar-refractivity contribution in [2.75, 3.05) is 25.5 Å². The molecule has 148 valence electrons. The summed E-state index contributed by atoms with van der Waals surface area (Å²) in [6, 6.07) is 13.7. The third-order valence-corrected chi connectivity index (χ3v) is 6.74. The third kappa shape index (κ3) is 3.18. The highest BCUT2D eigenvalue weighted by Crippen LogP contribution is 2.51. The Morgan fingerprint density at radius 1 is 1.25 bits per heavy atom. The van der Waals surface area contributed by atoms with Gasteiger partial charge in [0.25, 0.3) is 0 Å². The van der Waals surface area contributed by atoms with Gasteiger partial charge in [0.15, 0.2) is 0 Å². The molecule has 2 aliphatic heterocycles. The van der Waals surface area contributed by atoms with Gasteiger partial charge in [-0.25, -0.2) is 4.79 Å². The van der Waals surface area contributed by atoms with Crippen LogP contribution in [0, 0.1) is 0 Å². The first-order valence-corrected chi connectivity index (χ1v) is 10.4. The number of carbonyl (C=O) groups excluding carboxylic acids is 1. The first-order chi connectivity index (χ1) is 13.3. The minimum atomic E-state index is -0.438. The number of rotatable bonds is 3. The van der Waals surface area contributed by atoms with E-state index in [4.69, 9.17) is 4.74 Å². The molecule has 3 atom stereocenters. The van der Waals surface area contributed by atoms with Crippen molar-refractivity contribution in [2.24, 2.45) is 0 Å². The molecule has 0 saturated carbocycles. The smallest absolute Gasteiger partial charge is 0.410 e. The number of carbonyl (C=O) groups is 1. The van der Waals surface area contributed by atoms with Gasteiger partial charge in [-0.05, 0) is 61.9 Å². The molecule has 0 radical (unpaired) electrons. The lowest BCUT2D eigenvalue weighted by molar-refractivity contribution is 0.197. The molecule has 4 rings (SSSR count). The quantitative estimate of drug-likeness (QED) is 0.748. The lowest BCUT2D eigenvalue weighted by Crippen LogP contribution is -2.45. The molecule has 1 N–H and O–H groups in total. The summed E-state index contributed by atoms with van der Waals surface area (Å²) in [5, 5.41) is 2.91. The van der Waals surface area contributed by atoms with Crippen LogP contribution < -0.4 is 15.0 Å². The number of likely N-dealkylation sites (N-methyl/N-ethyl adjacent to an activating group) is 2. The molecule has 5 nitrogen and oxygen atoms in total. The van der Waals surface area contributed by atoms with E-state index in [9.17, 15) is 4.79 Å². The van der Waals surface area contributed by atoms with Crippen molar-refractivity contribution in [3.05, 3.63) is 58.1 Å². The van der Waals surface area contributed by atoms with Crippen molar-refractivity contribution in [3.8, 4) is 5.75 Å². The highest BCUT2D eigenvalue weighted by molar-refractivity contribution is 9.10.